The Morgan fingerprint density at radius 2 is 0.808 bits per heavy atom. The van der Waals surface area contributed by atoms with E-state index in [0.717, 1.165) is 38.5 Å². The Morgan fingerprint density at radius 1 is 0.500 bits per heavy atom. The van der Waals surface area contributed by atoms with Gasteiger partial charge >= 0.3 is 0 Å². The van der Waals surface area contributed by atoms with Crippen LogP contribution in [0.5, 0.6) is 0 Å². The summed E-state index contributed by atoms with van der Waals surface area (Å²) in [6.45, 7) is 4.51. The van der Waals surface area contributed by atoms with Crippen LogP contribution in [0.25, 0.3) is 0 Å². The molecule has 8 heteroatoms. The molecule has 0 rings (SSSR count). The highest BCUT2D eigenvalue weighted by molar-refractivity contribution is 7.89. The topological polar surface area (TPSA) is 92.3 Å². The lowest BCUT2D eigenvalue weighted by molar-refractivity contribution is 0.561. The van der Waals surface area contributed by atoms with Gasteiger partial charge in [-0.2, -0.15) is 0 Å². The van der Waals surface area contributed by atoms with E-state index in [9.17, 15) is 16.8 Å². The van der Waals surface area contributed by atoms with Gasteiger partial charge in [0.15, 0.2) is 0 Å². The Bertz CT molecular complexity index is 471. The fourth-order valence-electron chi connectivity index (χ4n) is 2.70. The maximum Gasteiger partial charge on any atom is 0.211 e. The standard InChI is InChI=1S/C18H40N2O4S2/c1-3-5-7-9-11-13-17-25(21,22)19-15-16-20-26(23,24)18-14-12-10-8-6-4-2/h19-20H,3-18H2,1-2H3. The number of nitrogens with one attached hydrogen (secondary N) is 2. The summed E-state index contributed by atoms with van der Waals surface area (Å²) in [5.41, 5.74) is 0. The molecule has 26 heavy (non-hydrogen) atoms. The zero-order valence-corrected chi connectivity index (χ0v) is 18.4. The maximum atomic E-state index is 11.9. The molecule has 6 nitrogen and oxygen atoms in total. The summed E-state index contributed by atoms with van der Waals surface area (Å²) in [6.07, 6.45) is 12.4. The molecule has 0 heterocycles. The second kappa shape index (κ2) is 15.8. The second-order valence-electron chi connectivity index (χ2n) is 6.96. The maximum absolute atomic E-state index is 11.9. The first-order valence-electron chi connectivity index (χ1n) is 10.3. The molecule has 0 saturated carbocycles. The zero-order chi connectivity index (χ0) is 19.7. The molecule has 0 atom stereocenters. The normalized spacial score (nSPS) is 12.5. The van der Waals surface area contributed by atoms with Gasteiger partial charge in [-0.25, -0.2) is 26.3 Å². The summed E-state index contributed by atoms with van der Waals surface area (Å²) in [6, 6.07) is 0. The first kappa shape index (κ1) is 25.8. The summed E-state index contributed by atoms with van der Waals surface area (Å²) in [5, 5.41) is 0. The monoisotopic (exact) mass is 412 g/mol. The Kier molecular flexibility index (Phi) is 15.7. The largest absolute Gasteiger partial charge is 0.214 e. The highest BCUT2D eigenvalue weighted by Gasteiger charge is 2.12. The zero-order valence-electron chi connectivity index (χ0n) is 16.8. The molecular formula is C18H40N2O4S2. The minimum Gasteiger partial charge on any atom is -0.214 e. The van der Waals surface area contributed by atoms with E-state index in [-0.39, 0.29) is 24.6 Å². The van der Waals surface area contributed by atoms with Crippen molar-refractivity contribution in [3.63, 3.8) is 0 Å². The van der Waals surface area contributed by atoms with Crippen LogP contribution in [0.4, 0.5) is 0 Å². The molecule has 0 amide bonds. The van der Waals surface area contributed by atoms with E-state index in [1.54, 1.807) is 0 Å². The minimum atomic E-state index is -3.31. The Balaban J connectivity index is 3.74. The Hall–Kier alpha value is -0.180. The third-order valence-corrected chi connectivity index (χ3v) is 7.24. The third kappa shape index (κ3) is 17.2. The molecule has 0 saturated heterocycles. The van der Waals surface area contributed by atoms with E-state index < -0.39 is 20.0 Å². The summed E-state index contributed by atoms with van der Waals surface area (Å²) in [7, 11) is -6.61. The van der Waals surface area contributed by atoms with Crippen molar-refractivity contribution in [3.8, 4) is 0 Å². The SMILES string of the molecule is CCCCCCCCS(=O)(=O)NCCNS(=O)(=O)CCCCCCCC. The van der Waals surface area contributed by atoms with E-state index in [1.807, 2.05) is 0 Å². The molecule has 0 spiro atoms. The smallest absolute Gasteiger partial charge is 0.211 e. The molecule has 0 bridgehead atoms. The van der Waals surface area contributed by atoms with Gasteiger partial charge in [0.25, 0.3) is 0 Å². The number of hydrogen-bond donors (Lipinski definition) is 2. The molecule has 0 aromatic carbocycles. The first-order chi connectivity index (χ1) is 12.3. The van der Waals surface area contributed by atoms with Gasteiger partial charge < -0.3 is 0 Å². The summed E-state index contributed by atoms with van der Waals surface area (Å²) < 4.78 is 52.3. The van der Waals surface area contributed by atoms with Gasteiger partial charge in [-0.05, 0) is 12.8 Å². The fraction of sp³-hybridized carbons (Fsp3) is 1.00. The van der Waals surface area contributed by atoms with E-state index in [0.29, 0.717) is 12.8 Å². The van der Waals surface area contributed by atoms with E-state index in [4.69, 9.17) is 0 Å². The summed E-state index contributed by atoms with van der Waals surface area (Å²) in [4.78, 5) is 0. The van der Waals surface area contributed by atoms with Gasteiger partial charge in [0.2, 0.25) is 20.0 Å². The van der Waals surface area contributed by atoms with Crippen molar-refractivity contribution in [3.05, 3.63) is 0 Å². The highest BCUT2D eigenvalue weighted by atomic mass is 32.2. The molecule has 0 aromatic heterocycles. The molecule has 2 N–H and O–H groups in total. The van der Waals surface area contributed by atoms with E-state index in [2.05, 4.69) is 23.3 Å². The van der Waals surface area contributed by atoms with Crippen molar-refractivity contribution in [1.82, 2.24) is 9.44 Å². The molecule has 0 aliphatic heterocycles. The van der Waals surface area contributed by atoms with Crippen LogP contribution in [0.2, 0.25) is 0 Å². The van der Waals surface area contributed by atoms with Gasteiger partial charge in [0.05, 0.1) is 11.5 Å². The highest BCUT2D eigenvalue weighted by Crippen LogP contribution is 2.07. The van der Waals surface area contributed by atoms with Crippen molar-refractivity contribution in [2.24, 2.45) is 0 Å². The van der Waals surface area contributed by atoms with Gasteiger partial charge in [0, 0.05) is 13.1 Å². The van der Waals surface area contributed by atoms with Crippen LogP contribution in [0, 0.1) is 0 Å². The lowest BCUT2D eigenvalue weighted by atomic mass is 10.1. The number of hydrogen-bond acceptors (Lipinski definition) is 4. The lowest BCUT2D eigenvalue weighted by Crippen LogP contribution is -2.36. The van der Waals surface area contributed by atoms with Crippen molar-refractivity contribution >= 4 is 20.0 Å². The van der Waals surface area contributed by atoms with Crippen LogP contribution in [0.1, 0.15) is 90.9 Å². The van der Waals surface area contributed by atoms with Crippen LogP contribution < -0.4 is 9.44 Å². The number of unbranched alkanes of at least 4 members (excludes halogenated alkanes) is 10. The van der Waals surface area contributed by atoms with E-state index in [1.165, 1.54) is 25.7 Å². The summed E-state index contributed by atoms with van der Waals surface area (Å²) in [5.74, 6) is 0.229. The second-order valence-corrected chi connectivity index (χ2v) is 10.8. The number of sulfonamides is 2. The molecule has 0 unspecified atom stereocenters. The van der Waals surface area contributed by atoms with E-state index >= 15 is 0 Å². The average Bonchev–Trinajstić information content (AvgIpc) is 2.58. The van der Waals surface area contributed by atoms with Crippen LogP contribution in [0.3, 0.4) is 0 Å². The molecule has 0 fully saturated rings. The minimum absolute atomic E-state index is 0.105. The van der Waals surface area contributed by atoms with Crippen LogP contribution >= 0.6 is 0 Å². The molecule has 0 aliphatic rings. The van der Waals surface area contributed by atoms with Gasteiger partial charge in [-0.1, -0.05) is 78.1 Å². The Morgan fingerprint density at radius 3 is 1.15 bits per heavy atom. The predicted octanol–water partition coefficient (Wildman–Crippen LogP) is 3.55. The third-order valence-electron chi connectivity index (χ3n) is 4.30. The average molecular weight is 413 g/mol. The van der Waals surface area contributed by atoms with Crippen molar-refractivity contribution < 1.29 is 16.8 Å². The molecular weight excluding hydrogens is 372 g/mol. The molecule has 0 aromatic rings. The lowest BCUT2D eigenvalue weighted by Gasteiger charge is -2.09. The quantitative estimate of drug-likeness (QED) is 0.317. The molecule has 0 aliphatic carbocycles. The van der Waals surface area contributed by atoms with Crippen LogP contribution in [-0.4, -0.2) is 41.4 Å². The van der Waals surface area contributed by atoms with Gasteiger partial charge in [-0.15, -0.1) is 0 Å². The molecule has 0 radical (unpaired) electrons. The van der Waals surface area contributed by atoms with Crippen molar-refractivity contribution in [1.29, 1.82) is 0 Å². The Labute approximate surface area is 162 Å². The van der Waals surface area contributed by atoms with Crippen molar-refractivity contribution in [2.75, 3.05) is 24.6 Å². The predicted molar refractivity (Wildman–Crippen MR) is 110 cm³/mol. The van der Waals surface area contributed by atoms with Gasteiger partial charge in [0.1, 0.15) is 0 Å². The van der Waals surface area contributed by atoms with Crippen LogP contribution in [-0.2, 0) is 20.0 Å². The molecule has 158 valence electrons. The summed E-state index contributed by atoms with van der Waals surface area (Å²) >= 11 is 0. The van der Waals surface area contributed by atoms with Crippen molar-refractivity contribution in [2.45, 2.75) is 90.9 Å². The first-order valence-corrected chi connectivity index (χ1v) is 13.6. The van der Waals surface area contributed by atoms with Gasteiger partial charge in [-0.3, -0.25) is 0 Å². The fourth-order valence-corrected chi connectivity index (χ4v) is 4.99. The number of rotatable bonds is 19. The van der Waals surface area contributed by atoms with Crippen LogP contribution in [0.15, 0.2) is 0 Å².